The first kappa shape index (κ1) is 16.8. The zero-order valence-corrected chi connectivity index (χ0v) is 14.4. The van der Waals surface area contributed by atoms with Crippen LogP contribution in [0.15, 0.2) is 18.2 Å². The summed E-state index contributed by atoms with van der Waals surface area (Å²) in [5.41, 5.74) is 1.84. The van der Waals surface area contributed by atoms with Crippen LogP contribution in [0.25, 0.3) is 0 Å². The fraction of sp³-hybridized carbons (Fsp3) is 0.529. The van der Waals surface area contributed by atoms with Gasteiger partial charge >= 0.3 is 0 Å². The highest BCUT2D eigenvalue weighted by Gasteiger charge is 2.35. The van der Waals surface area contributed by atoms with Gasteiger partial charge in [0.05, 0.1) is 0 Å². The number of hydrogen-bond donors (Lipinski definition) is 0. The fourth-order valence-electron chi connectivity index (χ4n) is 2.79. The molecule has 1 fully saturated rings. The maximum absolute atomic E-state index is 12.7. The van der Waals surface area contributed by atoms with Gasteiger partial charge in [-0.2, -0.15) is 0 Å². The van der Waals surface area contributed by atoms with E-state index < -0.39 is 6.04 Å². The number of halogens is 1. The minimum Gasteiger partial charge on any atom is -0.329 e. The Labute approximate surface area is 137 Å². The second kappa shape index (κ2) is 6.69. The van der Waals surface area contributed by atoms with Gasteiger partial charge in [-0.1, -0.05) is 31.5 Å². The van der Waals surface area contributed by atoms with Crippen molar-refractivity contribution in [1.29, 1.82) is 0 Å². The van der Waals surface area contributed by atoms with Gasteiger partial charge < -0.3 is 9.80 Å². The van der Waals surface area contributed by atoms with Gasteiger partial charge in [0.15, 0.2) is 0 Å². The van der Waals surface area contributed by atoms with E-state index in [-0.39, 0.29) is 11.8 Å². The van der Waals surface area contributed by atoms with Gasteiger partial charge in [0, 0.05) is 30.2 Å². The SMILES string of the molecule is Cc1ccc(Cl)cc1N1CCN(C(=O)CC(C)C)C(C)C1=O. The normalized spacial score (nSPS) is 19.0. The highest BCUT2D eigenvalue weighted by atomic mass is 35.5. The monoisotopic (exact) mass is 322 g/mol. The van der Waals surface area contributed by atoms with Gasteiger partial charge in [-0.15, -0.1) is 0 Å². The number of amides is 2. The van der Waals surface area contributed by atoms with Crippen LogP contribution in [0.1, 0.15) is 32.8 Å². The first-order chi connectivity index (χ1) is 10.3. The molecular formula is C17H23ClN2O2. The van der Waals surface area contributed by atoms with Crippen LogP contribution in [0.2, 0.25) is 5.02 Å². The lowest BCUT2D eigenvalue weighted by molar-refractivity contribution is -0.141. The van der Waals surface area contributed by atoms with Crippen molar-refractivity contribution in [3.63, 3.8) is 0 Å². The molecule has 0 spiro atoms. The Morgan fingerprint density at radius 2 is 2.05 bits per heavy atom. The van der Waals surface area contributed by atoms with E-state index in [1.807, 2.05) is 39.0 Å². The number of aryl methyl sites for hydroxylation is 1. The molecule has 22 heavy (non-hydrogen) atoms. The molecule has 1 aromatic rings. The smallest absolute Gasteiger partial charge is 0.249 e. The van der Waals surface area contributed by atoms with Crippen LogP contribution >= 0.6 is 11.6 Å². The van der Waals surface area contributed by atoms with Crippen LogP contribution < -0.4 is 4.90 Å². The van der Waals surface area contributed by atoms with E-state index in [1.165, 1.54) is 0 Å². The summed E-state index contributed by atoms with van der Waals surface area (Å²) in [5, 5.41) is 0.611. The van der Waals surface area contributed by atoms with E-state index in [9.17, 15) is 9.59 Å². The molecule has 0 aromatic heterocycles. The van der Waals surface area contributed by atoms with Crippen LogP contribution in [-0.2, 0) is 9.59 Å². The lowest BCUT2D eigenvalue weighted by Gasteiger charge is -2.40. The van der Waals surface area contributed by atoms with Crippen molar-refractivity contribution in [2.75, 3.05) is 18.0 Å². The molecule has 1 aliphatic rings. The molecule has 2 rings (SSSR count). The van der Waals surface area contributed by atoms with Crippen molar-refractivity contribution in [3.05, 3.63) is 28.8 Å². The number of piperazine rings is 1. The minimum atomic E-state index is -0.432. The van der Waals surface area contributed by atoms with Gasteiger partial charge in [-0.05, 0) is 37.5 Å². The summed E-state index contributed by atoms with van der Waals surface area (Å²) in [4.78, 5) is 28.4. The molecule has 1 heterocycles. The van der Waals surface area contributed by atoms with E-state index in [2.05, 4.69) is 0 Å². The van der Waals surface area contributed by atoms with E-state index >= 15 is 0 Å². The van der Waals surface area contributed by atoms with Crippen LogP contribution in [0, 0.1) is 12.8 Å². The molecule has 4 nitrogen and oxygen atoms in total. The van der Waals surface area contributed by atoms with Crippen molar-refractivity contribution in [1.82, 2.24) is 4.90 Å². The molecular weight excluding hydrogens is 300 g/mol. The summed E-state index contributed by atoms with van der Waals surface area (Å²) >= 11 is 6.05. The van der Waals surface area contributed by atoms with Crippen molar-refractivity contribution in [2.24, 2.45) is 5.92 Å². The van der Waals surface area contributed by atoms with Gasteiger partial charge in [0.2, 0.25) is 11.8 Å². The molecule has 0 saturated carbocycles. The van der Waals surface area contributed by atoms with E-state index in [4.69, 9.17) is 11.6 Å². The maximum Gasteiger partial charge on any atom is 0.249 e. The lowest BCUT2D eigenvalue weighted by atomic mass is 10.1. The average molecular weight is 323 g/mol. The van der Waals surface area contributed by atoms with E-state index in [0.29, 0.717) is 30.5 Å². The Morgan fingerprint density at radius 1 is 1.36 bits per heavy atom. The highest BCUT2D eigenvalue weighted by Crippen LogP contribution is 2.27. The van der Waals surface area contributed by atoms with Crippen molar-refractivity contribution in [2.45, 2.75) is 40.2 Å². The number of carbonyl (C=O) groups is 2. The van der Waals surface area contributed by atoms with Crippen molar-refractivity contribution < 1.29 is 9.59 Å². The maximum atomic E-state index is 12.7. The molecule has 120 valence electrons. The third-order valence-corrected chi connectivity index (χ3v) is 4.26. The second-order valence-corrected chi connectivity index (χ2v) is 6.72. The van der Waals surface area contributed by atoms with Gasteiger partial charge in [0.1, 0.15) is 6.04 Å². The Hall–Kier alpha value is -1.55. The average Bonchev–Trinajstić information content (AvgIpc) is 2.44. The Bertz CT molecular complexity index is 586. The van der Waals surface area contributed by atoms with Crippen molar-refractivity contribution >= 4 is 29.1 Å². The topological polar surface area (TPSA) is 40.6 Å². The molecule has 0 N–H and O–H groups in total. The Morgan fingerprint density at radius 3 is 2.68 bits per heavy atom. The quantitative estimate of drug-likeness (QED) is 0.857. The number of rotatable bonds is 3. The van der Waals surface area contributed by atoms with Crippen LogP contribution in [0.5, 0.6) is 0 Å². The third-order valence-electron chi connectivity index (χ3n) is 4.02. The molecule has 1 aliphatic heterocycles. The number of nitrogens with zero attached hydrogens (tertiary/aromatic N) is 2. The molecule has 0 radical (unpaired) electrons. The Balaban J connectivity index is 2.19. The molecule has 0 aliphatic carbocycles. The molecule has 1 unspecified atom stereocenters. The van der Waals surface area contributed by atoms with Gasteiger partial charge in [-0.25, -0.2) is 0 Å². The summed E-state index contributed by atoms with van der Waals surface area (Å²) in [5.74, 6) is 0.301. The zero-order chi connectivity index (χ0) is 16.4. The zero-order valence-electron chi connectivity index (χ0n) is 13.6. The first-order valence-corrected chi connectivity index (χ1v) is 8.06. The molecule has 1 saturated heterocycles. The van der Waals surface area contributed by atoms with Gasteiger partial charge in [0.25, 0.3) is 0 Å². The molecule has 1 aromatic carbocycles. The largest absolute Gasteiger partial charge is 0.329 e. The standard InChI is InChI=1S/C17H23ClN2O2/c1-11(2)9-16(21)19-7-8-20(17(22)13(19)4)15-10-14(18)6-5-12(15)3/h5-6,10-11,13H,7-9H2,1-4H3. The molecule has 1 atom stereocenters. The molecule has 2 amide bonds. The predicted molar refractivity (Wildman–Crippen MR) is 89.2 cm³/mol. The summed E-state index contributed by atoms with van der Waals surface area (Å²) < 4.78 is 0. The minimum absolute atomic E-state index is 0.0475. The first-order valence-electron chi connectivity index (χ1n) is 7.68. The van der Waals surface area contributed by atoms with E-state index in [1.54, 1.807) is 16.7 Å². The Kier molecular flexibility index (Phi) is 5.12. The highest BCUT2D eigenvalue weighted by molar-refractivity contribution is 6.31. The predicted octanol–water partition coefficient (Wildman–Crippen LogP) is 3.26. The van der Waals surface area contributed by atoms with Crippen LogP contribution in [0.4, 0.5) is 5.69 Å². The summed E-state index contributed by atoms with van der Waals surface area (Å²) in [7, 11) is 0. The third kappa shape index (κ3) is 3.43. The van der Waals surface area contributed by atoms with Gasteiger partial charge in [-0.3, -0.25) is 9.59 Å². The number of anilines is 1. The number of benzene rings is 1. The molecule has 5 heteroatoms. The lowest BCUT2D eigenvalue weighted by Crippen LogP contribution is -2.58. The summed E-state index contributed by atoms with van der Waals surface area (Å²) in [6.07, 6.45) is 0.480. The van der Waals surface area contributed by atoms with E-state index in [0.717, 1.165) is 11.3 Å². The second-order valence-electron chi connectivity index (χ2n) is 6.28. The molecule has 0 bridgehead atoms. The summed E-state index contributed by atoms with van der Waals surface area (Å²) in [6.45, 7) is 8.84. The fourth-order valence-corrected chi connectivity index (χ4v) is 2.96. The summed E-state index contributed by atoms with van der Waals surface area (Å²) in [6, 6.07) is 5.11. The van der Waals surface area contributed by atoms with Crippen LogP contribution in [-0.4, -0.2) is 35.8 Å². The van der Waals surface area contributed by atoms with Crippen molar-refractivity contribution in [3.8, 4) is 0 Å². The number of carbonyl (C=O) groups excluding carboxylic acids is 2. The van der Waals surface area contributed by atoms with Crippen LogP contribution in [0.3, 0.4) is 0 Å². The number of hydrogen-bond acceptors (Lipinski definition) is 2.